The molecule has 0 aliphatic carbocycles. The Hall–Kier alpha value is -3.22. The fourth-order valence-electron chi connectivity index (χ4n) is 2.64. The van der Waals surface area contributed by atoms with Gasteiger partial charge in [0.2, 0.25) is 0 Å². The second-order valence-corrected chi connectivity index (χ2v) is 5.20. The first-order valence-electron chi connectivity index (χ1n) is 6.85. The minimum Gasteiger partial charge on any atom is -0.476 e. The highest BCUT2D eigenvalue weighted by Gasteiger charge is 2.40. The Morgan fingerprint density at radius 3 is 2.39 bits per heavy atom. The maximum Gasteiger partial charge on any atom is 0.356 e. The van der Waals surface area contributed by atoms with Gasteiger partial charge in [-0.15, -0.1) is 0 Å². The van der Waals surface area contributed by atoms with Gasteiger partial charge in [-0.25, -0.2) is 9.78 Å². The van der Waals surface area contributed by atoms with Crippen molar-refractivity contribution in [3.8, 4) is 0 Å². The van der Waals surface area contributed by atoms with Gasteiger partial charge < -0.3 is 10.8 Å². The van der Waals surface area contributed by atoms with Crippen molar-refractivity contribution in [1.29, 1.82) is 0 Å². The van der Waals surface area contributed by atoms with E-state index in [1.54, 1.807) is 24.3 Å². The van der Waals surface area contributed by atoms with Gasteiger partial charge in [-0.3, -0.25) is 14.5 Å². The van der Waals surface area contributed by atoms with Crippen LogP contribution >= 0.6 is 0 Å². The van der Waals surface area contributed by atoms with Crippen LogP contribution in [0.5, 0.6) is 0 Å². The van der Waals surface area contributed by atoms with Gasteiger partial charge in [-0.2, -0.15) is 0 Å². The van der Waals surface area contributed by atoms with Crippen molar-refractivity contribution in [2.75, 3.05) is 5.73 Å². The zero-order valence-corrected chi connectivity index (χ0v) is 12.2. The number of carboxylic acids is 1. The first-order valence-corrected chi connectivity index (χ1v) is 6.85. The summed E-state index contributed by atoms with van der Waals surface area (Å²) >= 11 is 0. The maximum atomic E-state index is 12.6. The molecule has 116 valence electrons. The van der Waals surface area contributed by atoms with Gasteiger partial charge in [0, 0.05) is 0 Å². The van der Waals surface area contributed by atoms with E-state index in [1.165, 1.54) is 6.92 Å². The number of carbonyl (C=O) groups excluding carboxylic acids is 2. The molecule has 2 amide bonds. The van der Waals surface area contributed by atoms with Crippen LogP contribution in [0, 0.1) is 6.92 Å². The van der Waals surface area contributed by atoms with Gasteiger partial charge in [-0.1, -0.05) is 30.3 Å². The molecule has 1 aliphatic heterocycles. The number of aromatic carboxylic acids is 1. The SMILES string of the molecule is Cc1nc(C(=O)O)c(N)c2c1C(=O)N(Cc1ccccc1)C2=O. The smallest absolute Gasteiger partial charge is 0.356 e. The third-order valence-corrected chi connectivity index (χ3v) is 3.72. The molecule has 2 heterocycles. The predicted molar refractivity (Wildman–Crippen MR) is 81.0 cm³/mol. The minimum atomic E-state index is -1.34. The van der Waals surface area contributed by atoms with Crippen molar-refractivity contribution in [2.24, 2.45) is 0 Å². The lowest BCUT2D eigenvalue weighted by atomic mass is 10.1. The molecule has 23 heavy (non-hydrogen) atoms. The van der Waals surface area contributed by atoms with E-state index >= 15 is 0 Å². The number of carboxylic acid groups (broad SMARTS) is 1. The first-order chi connectivity index (χ1) is 10.9. The van der Waals surface area contributed by atoms with Crippen molar-refractivity contribution >= 4 is 23.5 Å². The van der Waals surface area contributed by atoms with E-state index in [0.29, 0.717) is 0 Å². The van der Waals surface area contributed by atoms with E-state index in [1.807, 2.05) is 6.07 Å². The lowest BCUT2D eigenvalue weighted by Crippen LogP contribution is -2.29. The molecule has 1 aromatic heterocycles. The van der Waals surface area contributed by atoms with Crippen molar-refractivity contribution in [3.63, 3.8) is 0 Å². The molecule has 0 radical (unpaired) electrons. The second-order valence-electron chi connectivity index (χ2n) is 5.20. The number of hydrogen-bond acceptors (Lipinski definition) is 5. The predicted octanol–water partition coefficient (Wildman–Crippen LogP) is 1.47. The summed E-state index contributed by atoms with van der Waals surface area (Å²) in [5.74, 6) is -2.45. The molecule has 0 fully saturated rings. The molecule has 0 saturated heterocycles. The standard InChI is InChI=1S/C16H13N3O4/c1-8-10-11(12(17)13(18-8)16(22)23)15(21)19(14(10)20)7-9-5-3-2-4-6-9/h2-6H,7,17H2,1H3,(H,22,23). The number of aromatic nitrogens is 1. The maximum absolute atomic E-state index is 12.6. The monoisotopic (exact) mass is 311 g/mol. The summed E-state index contributed by atoms with van der Waals surface area (Å²) in [4.78, 5) is 41.2. The average molecular weight is 311 g/mol. The molecular formula is C16H13N3O4. The number of carbonyl (C=O) groups is 3. The molecule has 3 rings (SSSR count). The second kappa shape index (κ2) is 5.20. The van der Waals surface area contributed by atoms with Gasteiger partial charge in [-0.05, 0) is 12.5 Å². The molecule has 1 aromatic carbocycles. The van der Waals surface area contributed by atoms with Crippen LogP contribution in [0.3, 0.4) is 0 Å². The number of benzene rings is 1. The minimum absolute atomic E-state index is 0.0733. The molecule has 0 saturated carbocycles. The van der Waals surface area contributed by atoms with Gasteiger partial charge in [0.1, 0.15) is 0 Å². The quantitative estimate of drug-likeness (QED) is 0.830. The van der Waals surface area contributed by atoms with E-state index in [0.717, 1.165) is 10.5 Å². The zero-order chi connectivity index (χ0) is 16.7. The molecule has 0 unspecified atom stereocenters. The summed E-state index contributed by atoms with van der Waals surface area (Å²) in [5.41, 5.74) is 6.05. The number of nitrogens with zero attached hydrogens (tertiary/aromatic N) is 2. The van der Waals surface area contributed by atoms with E-state index in [2.05, 4.69) is 4.98 Å². The Morgan fingerprint density at radius 2 is 1.78 bits per heavy atom. The molecule has 0 spiro atoms. The van der Waals surface area contributed by atoms with E-state index in [9.17, 15) is 14.4 Å². The molecule has 0 atom stereocenters. The number of nitrogen functional groups attached to an aromatic ring is 1. The number of nitrogens with two attached hydrogens (primary N) is 1. The fourth-order valence-corrected chi connectivity index (χ4v) is 2.64. The Bertz CT molecular complexity index is 846. The summed E-state index contributed by atoms with van der Waals surface area (Å²) in [6.45, 7) is 1.58. The summed E-state index contributed by atoms with van der Waals surface area (Å²) in [6.07, 6.45) is 0. The summed E-state index contributed by atoms with van der Waals surface area (Å²) in [5, 5.41) is 9.12. The summed E-state index contributed by atoms with van der Waals surface area (Å²) in [6, 6.07) is 9.02. The van der Waals surface area contributed by atoms with Crippen LogP contribution in [0.25, 0.3) is 0 Å². The number of imide groups is 1. The van der Waals surface area contributed by atoms with Crippen LogP contribution in [0.1, 0.15) is 42.5 Å². The van der Waals surface area contributed by atoms with Crippen LogP contribution < -0.4 is 5.73 Å². The van der Waals surface area contributed by atoms with Crippen LogP contribution in [0.15, 0.2) is 30.3 Å². The van der Waals surface area contributed by atoms with Crippen molar-refractivity contribution < 1.29 is 19.5 Å². The number of aryl methyl sites for hydroxylation is 1. The topological polar surface area (TPSA) is 114 Å². The normalized spacial score (nSPS) is 13.3. The van der Waals surface area contributed by atoms with E-state index in [-0.39, 0.29) is 29.1 Å². The molecular weight excluding hydrogens is 298 g/mol. The summed E-state index contributed by atoms with van der Waals surface area (Å²) < 4.78 is 0. The van der Waals surface area contributed by atoms with Gasteiger partial charge in [0.05, 0.1) is 29.1 Å². The number of rotatable bonds is 3. The van der Waals surface area contributed by atoms with Crippen LogP contribution in [-0.4, -0.2) is 32.8 Å². The Labute approximate surface area is 131 Å². The fraction of sp³-hybridized carbons (Fsp3) is 0.125. The van der Waals surface area contributed by atoms with Crippen molar-refractivity contribution in [2.45, 2.75) is 13.5 Å². The van der Waals surface area contributed by atoms with Gasteiger partial charge >= 0.3 is 5.97 Å². The first kappa shape index (κ1) is 14.7. The number of fused-ring (bicyclic) bond motifs is 1. The number of pyridine rings is 1. The van der Waals surface area contributed by atoms with Crippen molar-refractivity contribution in [3.05, 3.63) is 58.4 Å². The molecule has 3 N–H and O–H groups in total. The molecule has 2 aromatic rings. The third-order valence-electron chi connectivity index (χ3n) is 3.72. The highest BCUT2D eigenvalue weighted by molar-refractivity contribution is 6.25. The molecule has 7 nitrogen and oxygen atoms in total. The highest BCUT2D eigenvalue weighted by Crippen LogP contribution is 2.32. The molecule has 0 bridgehead atoms. The van der Waals surface area contributed by atoms with E-state index in [4.69, 9.17) is 10.8 Å². The van der Waals surface area contributed by atoms with Crippen LogP contribution in [-0.2, 0) is 6.54 Å². The van der Waals surface area contributed by atoms with Gasteiger partial charge in [0.25, 0.3) is 11.8 Å². The Balaban J connectivity index is 2.08. The lowest BCUT2D eigenvalue weighted by Gasteiger charge is -2.13. The lowest BCUT2D eigenvalue weighted by molar-refractivity contribution is 0.0640. The Morgan fingerprint density at radius 1 is 1.17 bits per heavy atom. The van der Waals surface area contributed by atoms with Gasteiger partial charge in [0.15, 0.2) is 5.69 Å². The molecule has 7 heteroatoms. The highest BCUT2D eigenvalue weighted by atomic mass is 16.4. The zero-order valence-electron chi connectivity index (χ0n) is 12.2. The summed E-state index contributed by atoms with van der Waals surface area (Å²) in [7, 11) is 0. The van der Waals surface area contributed by atoms with E-state index < -0.39 is 23.5 Å². The van der Waals surface area contributed by atoms with Crippen molar-refractivity contribution in [1.82, 2.24) is 9.88 Å². The number of amides is 2. The average Bonchev–Trinajstić information content (AvgIpc) is 2.77. The van der Waals surface area contributed by atoms with Crippen LogP contribution in [0.4, 0.5) is 5.69 Å². The number of hydrogen-bond donors (Lipinski definition) is 2. The largest absolute Gasteiger partial charge is 0.476 e. The third kappa shape index (κ3) is 2.22. The van der Waals surface area contributed by atoms with Crippen LogP contribution in [0.2, 0.25) is 0 Å². The molecule has 1 aliphatic rings. The number of anilines is 1. The Kier molecular flexibility index (Phi) is 3.33.